The molecule has 3 heterocycles. The van der Waals surface area contributed by atoms with Crippen LogP contribution in [0.1, 0.15) is 42.6 Å². The van der Waals surface area contributed by atoms with Crippen molar-refractivity contribution < 1.29 is 27.1 Å². The Bertz CT molecular complexity index is 1630. The number of ether oxygens (including phenoxy) is 2. The molecule has 0 radical (unpaired) electrons. The van der Waals surface area contributed by atoms with Crippen LogP contribution in [0.2, 0.25) is 0 Å². The van der Waals surface area contributed by atoms with Gasteiger partial charge >= 0.3 is 0 Å². The van der Waals surface area contributed by atoms with Gasteiger partial charge in [-0.2, -0.15) is 8.42 Å². The minimum atomic E-state index is -4.34. The Hall–Kier alpha value is -4.58. The van der Waals surface area contributed by atoms with Crippen LogP contribution in [0.5, 0.6) is 11.6 Å². The number of nitrogens with two attached hydrogens (primary N) is 1. The van der Waals surface area contributed by atoms with E-state index >= 15 is 0 Å². The van der Waals surface area contributed by atoms with Crippen LogP contribution in [-0.2, 0) is 16.4 Å². The second-order valence-electron chi connectivity index (χ2n) is 9.93. The molecular formula is C30H32FN5O5S. The highest BCUT2D eigenvalue weighted by Crippen LogP contribution is 2.28. The molecule has 10 nitrogen and oxygen atoms in total. The number of aryl methyl sites for hydroxylation is 1. The molecule has 0 atom stereocenters. The second-order valence-corrected chi connectivity index (χ2v) is 11.6. The number of hydrogen-bond acceptors (Lipinski definition) is 9. The number of pyridine rings is 3. The molecule has 220 valence electrons. The predicted molar refractivity (Wildman–Crippen MR) is 156 cm³/mol. The van der Waals surface area contributed by atoms with E-state index in [1.54, 1.807) is 18.5 Å². The van der Waals surface area contributed by atoms with Crippen molar-refractivity contribution in [3.63, 3.8) is 0 Å². The average molecular weight is 594 g/mol. The van der Waals surface area contributed by atoms with Crippen molar-refractivity contribution in [2.45, 2.75) is 38.1 Å². The van der Waals surface area contributed by atoms with Gasteiger partial charge in [0.05, 0.1) is 18.9 Å². The normalized spacial score (nSPS) is 11.3. The Morgan fingerprint density at radius 3 is 2.60 bits per heavy atom. The van der Waals surface area contributed by atoms with Gasteiger partial charge in [-0.25, -0.2) is 19.1 Å². The molecule has 0 spiro atoms. The van der Waals surface area contributed by atoms with E-state index in [0.717, 1.165) is 18.4 Å². The van der Waals surface area contributed by atoms with Crippen molar-refractivity contribution in [2.24, 2.45) is 5.92 Å². The molecule has 1 amide bonds. The monoisotopic (exact) mass is 593 g/mol. The summed E-state index contributed by atoms with van der Waals surface area (Å²) in [6, 6.07) is 15.0. The molecule has 0 bridgehead atoms. The van der Waals surface area contributed by atoms with Crippen LogP contribution >= 0.6 is 0 Å². The Morgan fingerprint density at radius 1 is 1.02 bits per heavy atom. The number of nitrogen functional groups attached to an aromatic ring is 1. The van der Waals surface area contributed by atoms with Gasteiger partial charge in [-0.15, -0.1) is 0 Å². The first-order chi connectivity index (χ1) is 20.1. The lowest BCUT2D eigenvalue weighted by Crippen LogP contribution is -2.31. The fourth-order valence-corrected chi connectivity index (χ4v) is 4.84. The minimum absolute atomic E-state index is 0.0153. The third-order valence-corrected chi connectivity index (χ3v) is 7.16. The SMILES string of the molecule is CC(C)COc1cc(F)cc(-c2ccc(C(=O)NS(=O)(=O)c3cccc(N)n3)c(OCCCCc3cccnc3)n2)c1. The van der Waals surface area contributed by atoms with E-state index in [-0.39, 0.29) is 29.8 Å². The summed E-state index contributed by atoms with van der Waals surface area (Å²) in [5.41, 5.74) is 7.28. The first-order valence-corrected chi connectivity index (χ1v) is 14.9. The van der Waals surface area contributed by atoms with E-state index in [2.05, 4.69) is 15.0 Å². The number of carbonyl (C=O) groups excluding carboxylic acids is 1. The molecule has 0 saturated heterocycles. The van der Waals surface area contributed by atoms with Crippen molar-refractivity contribution in [1.29, 1.82) is 0 Å². The van der Waals surface area contributed by atoms with Gasteiger partial charge in [0.2, 0.25) is 5.88 Å². The van der Waals surface area contributed by atoms with Crippen molar-refractivity contribution in [2.75, 3.05) is 18.9 Å². The van der Waals surface area contributed by atoms with E-state index in [0.29, 0.717) is 30.0 Å². The van der Waals surface area contributed by atoms with Crippen LogP contribution in [0, 0.1) is 11.7 Å². The smallest absolute Gasteiger partial charge is 0.281 e. The summed E-state index contributed by atoms with van der Waals surface area (Å²) in [6.07, 6.45) is 5.69. The Labute approximate surface area is 244 Å². The quantitative estimate of drug-likeness (QED) is 0.208. The number of aromatic nitrogens is 3. The number of amides is 1. The Balaban J connectivity index is 1.58. The maximum absolute atomic E-state index is 14.5. The van der Waals surface area contributed by atoms with E-state index < -0.39 is 26.8 Å². The van der Waals surface area contributed by atoms with Crippen LogP contribution in [0.3, 0.4) is 0 Å². The van der Waals surface area contributed by atoms with Crippen molar-refractivity contribution in [1.82, 2.24) is 19.7 Å². The molecule has 3 N–H and O–H groups in total. The highest BCUT2D eigenvalue weighted by Gasteiger charge is 2.24. The highest BCUT2D eigenvalue weighted by atomic mass is 32.2. The molecule has 4 aromatic rings. The third-order valence-electron chi connectivity index (χ3n) is 5.92. The largest absolute Gasteiger partial charge is 0.493 e. The van der Waals surface area contributed by atoms with Gasteiger partial charge in [0.1, 0.15) is 22.9 Å². The molecule has 12 heteroatoms. The van der Waals surface area contributed by atoms with Crippen molar-refractivity contribution >= 4 is 21.7 Å². The van der Waals surface area contributed by atoms with Crippen LogP contribution in [-0.4, -0.2) is 42.5 Å². The molecule has 0 saturated carbocycles. The molecule has 3 aromatic heterocycles. The predicted octanol–water partition coefficient (Wildman–Crippen LogP) is 4.82. The number of halogens is 1. The first-order valence-electron chi connectivity index (χ1n) is 13.4. The summed E-state index contributed by atoms with van der Waals surface area (Å²) in [6.45, 7) is 4.56. The van der Waals surface area contributed by atoms with Crippen molar-refractivity contribution in [3.05, 3.63) is 90.0 Å². The van der Waals surface area contributed by atoms with Gasteiger partial charge in [-0.3, -0.25) is 9.78 Å². The summed E-state index contributed by atoms with van der Waals surface area (Å²) < 4.78 is 53.7. The zero-order chi connectivity index (χ0) is 30.1. The number of nitrogens with zero attached hydrogens (tertiary/aromatic N) is 3. The lowest BCUT2D eigenvalue weighted by atomic mass is 10.1. The summed E-state index contributed by atoms with van der Waals surface area (Å²) in [4.78, 5) is 25.5. The number of hydrogen-bond donors (Lipinski definition) is 2. The summed E-state index contributed by atoms with van der Waals surface area (Å²) >= 11 is 0. The van der Waals surface area contributed by atoms with E-state index in [9.17, 15) is 17.6 Å². The molecule has 0 unspecified atom stereocenters. The van der Waals surface area contributed by atoms with E-state index in [1.807, 2.05) is 30.7 Å². The molecule has 0 aliphatic carbocycles. The fourth-order valence-electron chi connectivity index (χ4n) is 3.90. The Morgan fingerprint density at radius 2 is 1.86 bits per heavy atom. The highest BCUT2D eigenvalue weighted by molar-refractivity contribution is 7.90. The van der Waals surface area contributed by atoms with Crippen molar-refractivity contribution in [3.8, 4) is 22.9 Å². The number of rotatable bonds is 13. The zero-order valence-electron chi connectivity index (χ0n) is 23.3. The number of sulfonamides is 1. The maximum atomic E-state index is 14.5. The van der Waals surface area contributed by atoms with Gasteiger partial charge in [-0.05, 0) is 73.2 Å². The molecule has 0 aliphatic heterocycles. The van der Waals surface area contributed by atoms with Crippen LogP contribution in [0.25, 0.3) is 11.3 Å². The maximum Gasteiger partial charge on any atom is 0.281 e. The molecule has 0 fully saturated rings. The minimum Gasteiger partial charge on any atom is -0.493 e. The molecule has 0 aliphatic rings. The van der Waals surface area contributed by atoms with Crippen LogP contribution < -0.4 is 19.9 Å². The zero-order valence-corrected chi connectivity index (χ0v) is 24.1. The van der Waals surface area contributed by atoms with Gasteiger partial charge < -0.3 is 15.2 Å². The van der Waals surface area contributed by atoms with E-state index in [1.165, 1.54) is 42.5 Å². The van der Waals surface area contributed by atoms with Gasteiger partial charge in [-0.1, -0.05) is 26.0 Å². The van der Waals surface area contributed by atoms with Crippen LogP contribution in [0.4, 0.5) is 10.2 Å². The lowest BCUT2D eigenvalue weighted by molar-refractivity contribution is 0.0976. The van der Waals surface area contributed by atoms with Gasteiger partial charge in [0.25, 0.3) is 15.9 Å². The number of benzene rings is 1. The standard InChI is InChI=1S/C30H32FN5O5S/c1-20(2)19-41-24-16-22(15-23(31)17-24)26-12-11-25(29(37)36-42(38,39)28-10-5-9-27(32)35-28)30(34-26)40-14-4-3-7-21-8-6-13-33-18-21/h5-6,8-13,15-18,20H,3-4,7,14,19H2,1-2H3,(H2,32,35)(H,36,37). The number of nitrogens with one attached hydrogen (secondary N) is 1. The number of carbonyl (C=O) groups is 1. The number of anilines is 1. The third kappa shape index (κ3) is 8.46. The van der Waals surface area contributed by atoms with E-state index in [4.69, 9.17) is 15.2 Å². The second kappa shape index (κ2) is 13.9. The average Bonchev–Trinajstić information content (AvgIpc) is 2.96. The lowest BCUT2D eigenvalue weighted by Gasteiger charge is -2.14. The Kier molecular flexibility index (Phi) is 10.0. The fraction of sp³-hybridized carbons (Fsp3) is 0.267. The van der Waals surface area contributed by atoms with Crippen LogP contribution in [0.15, 0.2) is 78.1 Å². The van der Waals surface area contributed by atoms with Gasteiger partial charge in [0, 0.05) is 24.0 Å². The molecule has 4 rings (SSSR count). The van der Waals surface area contributed by atoms with Gasteiger partial charge in [0.15, 0.2) is 5.03 Å². The molecular weight excluding hydrogens is 561 g/mol. The summed E-state index contributed by atoms with van der Waals surface area (Å²) in [5, 5.41) is -0.410. The number of unbranched alkanes of at least 4 members (excludes halogenated alkanes) is 1. The first kappa shape index (κ1) is 30.4. The molecule has 42 heavy (non-hydrogen) atoms. The molecule has 1 aromatic carbocycles. The summed E-state index contributed by atoms with van der Waals surface area (Å²) in [7, 11) is -4.34. The topological polar surface area (TPSA) is 146 Å². The summed E-state index contributed by atoms with van der Waals surface area (Å²) in [5.74, 6) is -1.03.